The Morgan fingerprint density at radius 3 is 1.64 bits per heavy atom. The van der Waals surface area contributed by atoms with Gasteiger partial charge in [0.25, 0.3) is 0 Å². The summed E-state index contributed by atoms with van der Waals surface area (Å²) in [5, 5.41) is 8.35. The van der Waals surface area contributed by atoms with Crippen molar-refractivity contribution in [1.29, 1.82) is 0 Å². The van der Waals surface area contributed by atoms with Gasteiger partial charge in [-0.15, -0.1) is 0 Å². The van der Waals surface area contributed by atoms with Crippen LogP contribution in [0.5, 0.6) is 0 Å². The molecule has 0 saturated carbocycles. The van der Waals surface area contributed by atoms with E-state index in [1.807, 2.05) is 0 Å². The van der Waals surface area contributed by atoms with E-state index in [4.69, 9.17) is 5.11 Å². The van der Waals surface area contributed by atoms with Crippen molar-refractivity contribution in [3.05, 3.63) is 12.2 Å². The molecule has 0 unspecified atom stereocenters. The van der Waals surface area contributed by atoms with E-state index < -0.39 is 22.2 Å². The van der Waals surface area contributed by atoms with E-state index in [0.29, 0.717) is 18.6 Å². The minimum atomic E-state index is -4.19. The zero-order valence-corrected chi connectivity index (χ0v) is 18.0. The summed E-state index contributed by atoms with van der Waals surface area (Å²) in [4.78, 5) is 21.4. The van der Waals surface area contributed by atoms with Crippen LogP contribution in [0.4, 0.5) is 0 Å². The molecule has 0 spiro atoms. The lowest BCUT2D eigenvalue weighted by Gasteiger charge is -2.06. The normalized spacial score (nSPS) is 11.8. The predicted octanol–water partition coefficient (Wildman–Crippen LogP) is 4.49. The summed E-state index contributed by atoms with van der Waals surface area (Å²) in [7, 11) is -4.19. The Balaban J connectivity index is 3.47. The fourth-order valence-electron chi connectivity index (χ4n) is 2.82. The van der Waals surface area contributed by atoms with Crippen LogP contribution < -0.4 is 4.72 Å². The standard InChI is InChI=1S/C20H37NO6S/c1-2-3-4-5-6-7-8-9-10-11-12-13-14-15-18-21-28(25,26)27-20(24)17-16-19(22)23/h16-17,21H,2-15,18H2,1H3,(H,22,23)/b17-16-. The summed E-state index contributed by atoms with van der Waals surface area (Å²) in [6, 6.07) is 0. The minimum absolute atomic E-state index is 0.191. The zero-order chi connectivity index (χ0) is 21.1. The molecule has 0 saturated heterocycles. The molecule has 164 valence electrons. The van der Waals surface area contributed by atoms with Gasteiger partial charge < -0.3 is 9.29 Å². The van der Waals surface area contributed by atoms with Crippen LogP contribution in [0, 0.1) is 0 Å². The largest absolute Gasteiger partial charge is 0.478 e. The van der Waals surface area contributed by atoms with Gasteiger partial charge in [-0.1, -0.05) is 90.4 Å². The molecular weight excluding hydrogens is 382 g/mol. The molecule has 8 heteroatoms. The third-order valence-corrected chi connectivity index (χ3v) is 5.30. The van der Waals surface area contributed by atoms with Gasteiger partial charge in [-0.25, -0.2) is 9.59 Å². The number of hydrogen-bond donors (Lipinski definition) is 2. The Bertz CT molecular complexity index is 545. The number of carboxylic acids is 1. The Hall–Kier alpha value is -1.41. The molecule has 0 atom stereocenters. The molecule has 0 radical (unpaired) electrons. The maximum atomic E-state index is 11.5. The highest BCUT2D eigenvalue weighted by molar-refractivity contribution is 7.85. The van der Waals surface area contributed by atoms with Crippen LogP contribution in [0.2, 0.25) is 0 Å². The van der Waals surface area contributed by atoms with Gasteiger partial charge in [-0.05, 0) is 6.42 Å². The fraction of sp³-hybridized carbons (Fsp3) is 0.800. The lowest BCUT2D eigenvalue weighted by Crippen LogP contribution is -2.28. The molecule has 0 aliphatic rings. The van der Waals surface area contributed by atoms with Crippen LogP contribution in [-0.2, 0) is 24.1 Å². The topological polar surface area (TPSA) is 110 Å². The Labute approximate surface area is 170 Å². The monoisotopic (exact) mass is 419 g/mol. The summed E-state index contributed by atoms with van der Waals surface area (Å²) >= 11 is 0. The summed E-state index contributed by atoms with van der Waals surface area (Å²) in [5.41, 5.74) is 0. The lowest BCUT2D eigenvalue weighted by atomic mass is 10.0. The van der Waals surface area contributed by atoms with Gasteiger partial charge in [0.2, 0.25) is 0 Å². The van der Waals surface area contributed by atoms with E-state index in [-0.39, 0.29) is 6.54 Å². The van der Waals surface area contributed by atoms with Crippen molar-refractivity contribution in [2.45, 2.75) is 96.8 Å². The van der Waals surface area contributed by atoms with Crippen LogP contribution in [0.25, 0.3) is 0 Å². The third kappa shape index (κ3) is 19.4. The summed E-state index contributed by atoms with van der Waals surface area (Å²) < 4.78 is 29.3. The first-order valence-electron chi connectivity index (χ1n) is 10.5. The predicted molar refractivity (Wildman–Crippen MR) is 110 cm³/mol. The van der Waals surface area contributed by atoms with Gasteiger partial charge in [-0.3, -0.25) is 0 Å². The molecule has 0 aromatic rings. The molecule has 2 N–H and O–H groups in total. The van der Waals surface area contributed by atoms with Crippen LogP contribution in [0.1, 0.15) is 96.8 Å². The number of rotatable bonds is 19. The molecule has 0 fully saturated rings. The molecule has 0 aromatic carbocycles. The SMILES string of the molecule is CCCCCCCCCCCCCCCCNS(=O)(=O)OC(=O)/C=C\C(=O)O. The first-order valence-corrected chi connectivity index (χ1v) is 11.9. The quantitative estimate of drug-likeness (QED) is 0.236. The lowest BCUT2D eigenvalue weighted by molar-refractivity contribution is -0.133. The molecule has 0 aliphatic heterocycles. The average molecular weight is 420 g/mol. The maximum absolute atomic E-state index is 11.5. The minimum Gasteiger partial charge on any atom is -0.478 e. The second-order valence-corrected chi connectivity index (χ2v) is 8.38. The Kier molecular flexibility index (Phi) is 16.8. The van der Waals surface area contributed by atoms with E-state index in [0.717, 1.165) is 19.3 Å². The molecule has 0 aliphatic carbocycles. The van der Waals surface area contributed by atoms with Crippen LogP contribution in [0.15, 0.2) is 12.2 Å². The first-order chi connectivity index (χ1) is 13.4. The van der Waals surface area contributed by atoms with Gasteiger partial charge >= 0.3 is 22.2 Å². The van der Waals surface area contributed by atoms with Gasteiger partial charge in [0.05, 0.1) is 0 Å². The summed E-state index contributed by atoms with van der Waals surface area (Å²) in [5.74, 6) is -2.60. The third-order valence-electron chi connectivity index (χ3n) is 4.36. The number of hydrogen-bond acceptors (Lipinski definition) is 5. The molecule has 0 bridgehead atoms. The molecule has 7 nitrogen and oxygen atoms in total. The second-order valence-electron chi connectivity index (χ2n) is 7.02. The number of carbonyl (C=O) groups is 2. The average Bonchev–Trinajstić information content (AvgIpc) is 2.62. The van der Waals surface area contributed by atoms with Crippen molar-refractivity contribution in [3.8, 4) is 0 Å². The Morgan fingerprint density at radius 2 is 1.21 bits per heavy atom. The van der Waals surface area contributed by atoms with Gasteiger partial charge in [0.15, 0.2) is 0 Å². The number of carboxylic acid groups (broad SMARTS) is 1. The summed E-state index contributed by atoms with van der Waals surface area (Å²) in [6.45, 7) is 2.43. The molecule has 0 amide bonds. The van der Waals surface area contributed by atoms with E-state index in [9.17, 15) is 18.0 Å². The van der Waals surface area contributed by atoms with Gasteiger partial charge in [0, 0.05) is 18.7 Å². The van der Waals surface area contributed by atoms with Crippen LogP contribution in [-0.4, -0.2) is 32.0 Å². The highest BCUT2D eigenvalue weighted by atomic mass is 32.2. The van der Waals surface area contributed by atoms with Crippen molar-refractivity contribution in [2.75, 3.05) is 6.54 Å². The summed E-state index contributed by atoms with van der Waals surface area (Å²) in [6.07, 6.45) is 18.1. The van der Waals surface area contributed by atoms with E-state index >= 15 is 0 Å². The highest BCUT2D eigenvalue weighted by Gasteiger charge is 2.14. The van der Waals surface area contributed by atoms with E-state index in [2.05, 4.69) is 15.8 Å². The molecule has 0 heterocycles. The number of unbranched alkanes of at least 4 members (excludes halogenated alkanes) is 13. The number of aliphatic carboxylic acids is 1. The molecule has 28 heavy (non-hydrogen) atoms. The number of nitrogens with one attached hydrogen (secondary N) is 1. The maximum Gasteiger partial charge on any atom is 0.385 e. The van der Waals surface area contributed by atoms with Crippen molar-refractivity contribution in [3.63, 3.8) is 0 Å². The second kappa shape index (κ2) is 17.7. The van der Waals surface area contributed by atoms with Crippen molar-refractivity contribution in [1.82, 2.24) is 4.72 Å². The molecule has 0 rings (SSSR count). The Morgan fingerprint density at radius 1 is 0.786 bits per heavy atom. The smallest absolute Gasteiger partial charge is 0.385 e. The van der Waals surface area contributed by atoms with E-state index in [1.165, 1.54) is 64.2 Å². The first kappa shape index (κ1) is 26.6. The number of carbonyl (C=O) groups excluding carboxylic acids is 1. The van der Waals surface area contributed by atoms with Crippen molar-refractivity contribution in [2.24, 2.45) is 0 Å². The van der Waals surface area contributed by atoms with Crippen molar-refractivity contribution < 1.29 is 27.3 Å². The zero-order valence-electron chi connectivity index (χ0n) is 17.2. The highest BCUT2D eigenvalue weighted by Crippen LogP contribution is 2.12. The van der Waals surface area contributed by atoms with Crippen LogP contribution >= 0.6 is 0 Å². The molecular formula is C20H37NO6S. The van der Waals surface area contributed by atoms with Crippen molar-refractivity contribution >= 4 is 22.2 Å². The van der Waals surface area contributed by atoms with E-state index in [1.54, 1.807) is 0 Å². The van der Waals surface area contributed by atoms with Gasteiger partial charge in [0.1, 0.15) is 0 Å². The van der Waals surface area contributed by atoms with Crippen LogP contribution in [0.3, 0.4) is 0 Å². The fourth-order valence-corrected chi connectivity index (χ4v) is 3.55. The van der Waals surface area contributed by atoms with Gasteiger partial charge in [-0.2, -0.15) is 13.1 Å². The molecule has 0 aromatic heterocycles.